The van der Waals surface area contributed by atoms with Gasteiger partial charge in [-0.1, -0.05) is 103 Å². The number of rotatable bonds is 9. The van der Waals surface area contributed by atoms with Crippen LogP contribution in [0.4, 0.5) is 0 Å². The largest absolute Gasteiger partial charge is 0.493 e. The maximum Gasteiger partial charge on any atom is 0.121 e. The number of quaternary nitrogens is 1. The van der Waals surface area contributed by atoms with Gasteiger partial charge < -0.3 is 14.3 Å². The number of hydrogen-bond donors (Lipinski definition) is 1. The van der Waals surface area contributed by atoms with E-state index >= 15 is 0 Å². The van der Waals surface area contributed by atoms with E-state index in [0.717, 1.165) is 79.8 Å². The highest BCUT2D eigenvalue weighted by Crippen LogP contribution is 2.57. The van der Waals surface area contributed by atoms with Crippen LogP contribution in [-0.2, 0) is 5.60 Å². The summed E-state index contributed by atoms with van der Waals surface area (Å²) in [5.41, 5.74) is 3.38. The molecule has 0 atom stereocenters. The Morgan fingerprint density at radius 1 is 0.658 bits per heavy atom. The molecule has 4 aromatic rings. The van der Waals surface area contributed by atoms with E-state index in [9.17, 15) is 5.11 Å². The molecular formula is C35H38NO2+. The third-order valence-corrected chi connectivity index (χ3v) is 9.33. The van der Waals surface area contributed by atoms with Gasteiger partial charge in [-0.05, 0) is 34.4 Å². The van der Waals surface area contributed by atoms with Crippen molar-refractivity contribution in [1.29, 1.82) is 0 Å². The fourth-order valence-corrected chi connectivity index (χ4v) is 7.07. The number of nitrogens with zero attached hydrogens (tertiary/aromatic N) is 1. The number of piperidine rings is 3. The maximum absolute atomic E-state index is 12.6. The first-order valence-corrected chi connectivity index (χ1v) is 14.1. The normalized spacial score (nSPS) is 22.8. The number of fused-ring (bicyclic) bond motifs is 3. The summed E-state index contributed by atoms with van der Waals surface area (Å²) in [6, 6.07) is 39.6. The summed E-state index contributed by atoms with van der Waals surface area (Å²) >= 11 is 0. The molecule has 0 unspecified atom stereocenters. The van der Waals surface area contributed by atoms with E-state index in [0.29, 0.717) is 0 Å². The van der Waals surface area contributed by atoms with Gasteiger partial charge in [-0.25, -0.2) is 0 Å². The molecule has 3 saturated heterocycles. The van der Waals surface area contributed by atoms with Crippen LogP contribution in [0.15, 0.2) is 115 Å². The summed E-state index contributed by atoms with van der Waals surface area (Å²) < 4.78 is 7.36. The lowest BCUT2D eigenvalue weighted by molar-refractivity contribution is -0.946. The highest BCUT2D eigenvalue weighted by atomic mass is 16.5. The number of hydrogen-bond acceptors (Lipinski definition) is 2. The molecule has 3 aliphatic rings. The topological polar surface area (TPSA) is 29.5 Å². The van der Waals surface area contributed by atoms with Crippen LogP contribution in [0.5, 0.6) is 5.75 Å². The number of ether oxygens (including phenoxy) is 1. The van der Waals surface area contributed by atoms with Crippen molar-refractivity contribution < 1.29 is 14.3 Å². The van der Waals surface area contributed by atoms with Crippen molar-refractivity contribution in [2.24, 2.45) is 5.41 Å². The predicted molar refractivity (Wildman–Crippen MR) is 154 cm³/mol. The van der Waals surface area contributed by atoms with Crippen LogP contribution in [0, 0.1) is 5.41 Å². The van der Waals surface area contributed by atoms with Gasteiger partial charge in [-0.3, -0.25) is 0 Å². The molecule has 0 aliphatic carbocycles. The van der Waals surface area contributed by atoms with Gasteiger partial charge in [0.15, 0.2) is 0 Å². The Kier molecular flexibility index (Phi) is 6.82. The highest BCUT2D eigenvalue weighted by molar-refractivity contribution is 5.64. The Morgan fingerprint density at radius 2 is 1.18 bits per heavy atom. The zero-order chi connectivity index (χ0) is 25.9. The highest BCUT2D eigenvalue weighted by Gasteiger charge is 2.60. The third kappa shape index (κ3) is 4.55. The molecule has 0 aromatic heterocycles. The first-order valence-electron chi connectivity index (χ1n) is 14.1. The molecule has 3 fully saturated rings. The van der Waals surface area contributed by atoms with Gasteiger partial charge >= 0.3 is 0 Å². The van der Waals surface area contributed by atoms with Gasteiger partial charge in [0.2, 0.25) is 0 Å². The molecule has 0 spiro atoms. The second kappa shape index (κ2) is 10.4. The van der Waals surface area contributed by atoms with E-state index in [4.69, 9.17) is 4.74 Å². The zero-order valence-corrected chi connectivity index (χ0v) is 22.1. The van der Waals surface area contributed by atoms with Crippen LogP contribution in [0.2, 0.25) is 0 Å². The Bertz CT molecular complexity index is 1270. The first kappa shape index (κ1) is 24.9. The zero-order valence-electron chi connectivity index (χ0n) is 22.1. The molecule has 194 valence electrons. The smallest absolute Gasteiger partial charge is 0.121 e. The summed E-state index contributed by atoms with van der Waals surface area (Å²) in [5, 5.41) is 12.6. The average molecular weight is 505 g/mol. The summed E-state index contributed by atoms with van der Waals surface area (Å²) in [7, 11) is 0. The van der Waals surface area contributed by atoms with Gasteiger partial charge in [-0.15, -0.1) is 0 Å². The summed E-state index contributed by atoms with van der Waals surface area (Å²) in [6.07, 6.45) is 4.19. The fraction of sp³-hybridized carbons (Fsp3) is 0.314. The predicted octanol–water partition coefficient (Wildman–Crippen LogP) is 7.06. The maximum atomic E-state index is 12.6. The van der Waals surface area contributed by atoms with E-state index in [1.54, 1.807) is 0 Å². The molecule has 38 heavy (non-hydrogen) atoms. The van der Waals surface area contributed by atoms with E-state index in [-0.39, 0.29) is 5.41 Å². The van der Waals surface area contributed by atoms with Crippen molar-refractivity contribution in [1.82, 2.24) is 0 Å². The summed E-state index contributed by atoms with van der Waals surface area (Å²) in [4.78, 5) is 0. The molecule has 3 aliphatic heterocycles. The minimum atomic E-state index is -0.959. The molecule has 0 radical (unpaired) electrons. The molecule has 0 amide bonds. The molecule has 7 rings (SSSR count). The monoisotopic (exact) mass is 504 g/mol. The lowest BCUT2D eigenvalue weighted by Gasteiger charge is -2.60. The minimum absolute atomic E-state index is 0.121. The molecule has 1 N–H and O–H groups in total. The second-order valence-corrected chi connectivity index (χ2v) is 11.3. The number of benzene rings is 4. The molecule has 3 heterocycles. The molecule has 4 aromatic carbocycles. The van der Waals surface area contributed by atoms with E-state index in [1.165, 1.54) is 11.1 Å². The Balaban J connectivity index is 1.11. The molecule has 3 nitrogen and oxygen atoms in total. The Hall–Kier alpha value is -3.40. The average Bonchev–Trinajstić information content (AvgIpc) is 3.01. The Labute approximate surface area is 226 Å². The van der Waals surface area contributed by atoms with Gasteiger partial charge in [0.25, 0.3) is 0 Å². The van der Waals surface area contributed by atoms with Gasteiger partial charge in [0, 0.05) is 31.1 Å². The molecule has 3 heteroatoms. The van der Waals surface area contributed by atoms with Crippen molar-refractivity contribution >= 4 is 0 Å². The van der Waals surface area contributed by atoms with E-state index in [1.807, 2.05) is 18.2 Å². The fourth-order valence-electron chi connectivity index (χ4n) is 7.07. The minimum Gasteiger partial charge on any atom is -0.493 e. The van der Waals surface area contributed by atoms with Crippen LogP contribution >= 0.6 is 0 Å². The Morgan fingerprint density at radius 3 is 1.76 bits per heavy atom. The van der Waals surface area contributed by atoms with E-state index in [2.05, 4.69) is 97.1 Å². The van der Waals surface area contributed by atoms with Crippen LogP contribution in [0.3, 0.4) is 0 Å². The van der Waals surface area contributed by atoms with E-state index < -0.39 is 5.60 Å². The standard InChI is InChI=1S/C35H38NO2/c37-35(31-15-6-2-7-16-31,32-17-8-3-9-18-32)34-20-24-36(25-21-34,26-22-34)23-11-27-38-33-19-10-14-30(28-33)29-12-4-1-5-13-29/h1-10,12-19,28,37H,11,20-27H2/q+1. The SMILES string of the molecule is OC(c1ccccc1)(c1ccccc1)C12CC[N+](CCCOc3cccc(-c4ccccc4)c3)(CC1)CC2. The lowest BCUT2D eigenvalue weighted by Crippen LogP contribution is -2.66. The molecule has 0 saturated carbocycles. The van der Waals surface area contributed by atoms with Crippen molar-refractivity contribution in [3.8, 4) is 16.9 Å². The van der Waals surface area contributed by atoms with Gasteiger partial charge in [0.05, 0.1) is 32.8 Å². The second-order valence-electron chi connectivity index (χ2n) is 11.3. The van der Waals surface area contributed by atoms with Crippen LogP contribution < -0.4 is 4.74 Å². The van der Waals surface area contributed by atoms with Crippen molar-refractivity contribution in [3.05, 3.63) is 126 Å². The van der Waals surface area contributed by atoms with Gasteiger partial charge in [0.1, 0.15) is 11.4 Å². The van der Waals surface area contributed by atoms with Gasteiger partial charge in [-0.2, -0.15) is 0 Å². The van der Waals surface area contributed by atoms with Crippen molar-refractivity contribution in [3.63, 3.8) is 0 Å². The third-order valence-electron chi connectivity index (χ3n) is 9.33. The number of aliphatic hydroxyl groups is 1. The van der Waals surface area contributed by atoms with Crippen molar-refractivity contribution in [2.75, 3.05) is 32.8 Å². The first-order chi connectivity index (χ1) is 18.6. The molecule has 2 bridgehead atoms. The van der Waals surface area contributed by atoms with Crippen LogP contribution in [-0.4, -0.2) is 42.4 Å². The molecular weight excluding hydrogens is 466 g/mol. The van der Waals surface area contributed by atoms with Crippen LogP contribution in [0.1, 0.15) is 36.8 Å². The van der Waals surface area contributed by atoms with Crippen molar-refractivity contribution in [2.45, 2.75) is 31.3 Å². The summed E-state index contributed by atoms with van der Waals surface area (Å²) in [5.74, 6) is 0.943. The quantitative estimate of drug-likeness (QED) is 0.195. The van der Waals surface area contributed by atoms with Crippen LogP contribution in [0.25, 0.3) is 11.1 Å². The summed E-state index contributed by atoms with van der Waals surface area (Å²) in [6.45, 7) is 5.27. The lowest BCUT2D eigenvalue weighted by atomic mass is 9.56.